The Hall–Kier alpha value is -4.37. The van der Waals surface area contributed by atoms with Crippen molar-refractivity contribution in [3.63, 3.8) is 0 Å². The molecular formula is C33H27N3. The summed E-state index contributed by atoms with van der Waals surface area (Å²) in [5.41, 5.74) is 9.92. The third kappa shape index (κ3) is 2.89. The van der Waals surface area contributed by atoms with Crippen molar-refractivity contribution in [1.29, 1.82) is 0 Å². The maximum atomic E-state index is 4.71. The van der Waals surface area contributed by atoms with Crippen molar-refractivity contribution in [2.45, 2.75) is 26.2 Å². The smallest absolute Gasteiger partial charge is 0.137 e. The summed E-state index contributed by atoms with van der Waals surface area (Å²) in [7, 11) is 0. The van der Waals surface area contributed by atoms with Crippen LogP contribution < -0.4 is 4.90 Å². The topological polar surface area (TPSA) is 21.1 Å². The minimum absolute atomic E-state index is 0.0643. The first-order valence-electron chi connectivity index (χ1n) is 12.5. The summed E-state index contributed by atoms with van der Waals surface area (Å²) >= 11 is 0. The highest BCUT2D eigenvalue weighted by Gasteiger charge is 2.34. The van der Waals surface area contributed by atoms with Gasteiger partial charge in [-0.25, -0.2) is 4.98 Å². The van der Waals surface area contributed by atoms with Crippen LogP contribution >= 0.6 is 0 Å². The van der Waals surface area contributed by atoms with E-state index < -0.39 is 0 Å². The molecule has 2 aromatic heterocycles. The zero-order chi connectivity index (χ0) is 24.4. The van der Waals surface area contributed by atoms with Gasteiger partial charge in [0.25, 0.3) is 0 Å². The van der Waals surface area contributed by atoms with Crippen molar-refractivity contribution in [2.75, 3.05) is 4.90 Å². The van der Waals surface area contributed by atoms with Crippen molar-refractivity contribution in [1.82, 2.24) is 9.55 Å². The van der Waals surface area contributed by atoms with Gasteiger partial charge in [-0.15, -0.1) is 0 Å². The van der Waals surface area contributed by atoms with Gasteiger partial charge in [0.05, 0.1) is 16.7 Å². The molecule has 0 bridgehead atoms. The minimum Gasteiger partial charge on any atom is -0.309 e. The standard InChI is InChI=1S/C33H27N3/c1-22-14-16-23(17-15-22)35(31-13-6-7-20-34-31)24-18-19-29-26(21-24)25-9-8-11-28-32(25)36(29)30-12-5-4-10-27(30)33(28,2)3/h4-21H,1-3H3. The number of aromatic nitrogens is 2. The predicted octanol–water partition coefficient (Wildman–Crippen LogP) is 8.60. The molecule has 0 radical (unpaired) electrons. The molecule has 3 heterocycles. The number of aryl methyl sites for hydroxylation is 1. The summed E-state index contributed by atoms with van der Waals surface area (Å²) in [6.07, 6.45) is 1.86. The molecule has 3 heteroatoms. The van der Waals surface area contributed by atoms with Crippen LogP contribution in [0, 0.1) is 6.92 Å². The Balaban J connectivity index is 1.53. The van der Waals surface area contributed by atoms with Crippen LogP contribution in [-0.2, 0) is 5.41 Å². The fourth-order valence-electron chi connectivity index (χ4n) is 5.89. The van der Waals surface area contributed by atoms with Gasteiger partial charge in [0, 0.05) is 33.8 Å². The lowest BCUT2D eigenvalue weighted by Crippen LogP contribution is -2.26. The van der Waals surface area contributed by atoms with Crippen molar-refractivity contribution < 1.29 is 0 Å². The molecule has 0 N–H and O–H groups in total. The number of para-hydroxylation sites is 2. The highest BCUT2D eigenvalue weighted by Crippen LogP contribution is 2.48. The average Bonchev–Trinajstić information content (AvgIpc) is 3.24. The molecule has 3 nitrogen and oxygen atoms in total. The number of nitrogens with zero attached hydrogens (tertiary/aromatic N) is 3. The molecule has 7 rings (SSSR count). The van der Waals surface area contributed by atoms with Crippen LogP contribution in [0.5, 0.6) is 0 Å². The fraction of sp³-hybridized carbons (Fsp3) is 0.121. The van der Waals surface area contributed by atoms with E-state index in [-0.39, 0.29) is 5.41 Å². The van der Waals surface area contributed by atoms with Crippen LogP contribution in [0.3, 0.4) is 0 Å². The Morgan fingerprint density at radius 1 is 0.694 bits per heavy atom. The molecule has 0 aliphatic carbocycles. The largest absolute Gasteiger partial charge is 0.309 e. The van der Waals surface area contributed by atoms with Gasteiger partial charge in [-0.05, 0) is 66.6 Å². The van der Waals surface area contributed by atoms with E-state index in [1.54, 1.807) is 0 Å². The highest BCUT2D eigenvalue weighted by atomic mass is 15.2. The van der Waals surface area contributed by atoms with Gasteiger partial charge < -0.3 is 4.57 Å². The van der Waals surface area contributed by atoms with Crippen LogP contribution in [0.4, 0.5) is 17.2 Å². The molecule has 0 saturated heterocycles. The molecule has 174 valence electrons. The number of anilines is 3. The summed E-state index contributed by atoms with van der Waals surface area (Å²) < 4.78 is 2.46. The molecule has 0 spiro atoms. The molecule has 1 aliphatic heterocycles. The number of fused-ring (bicyclic) bond motifs is 5. The van der Waals surface area contributed by atoms with E-state index in [9.17, 15) is 0 Å². The Bertz CT molecular complexity index is 1760. The molecular weight excluding hydrogens is 438 g/mol. The maximum Gasteiger partial charge on any atom is 0.137 e. The minimum atomic E-state index is -0.0643. The molecule has 0 fully saturated rings. The average molecular weight is 466 g/mol. The van der Waals surface area contributed by atoms with E-state index in [4.69, 9.17) is 4.98 Å². The Kier molecular flexibility index (Phi) is 4.40. The van der Waals surface area contributed by atoms with Gasteiger partial charge in [0.1, 0.15) is 5.82 Å². The summed E-state index contributed by atoms with van der Waals surface area (Å²) in [6.45, 7) is 6.80. The van der Waals surface area contributed by atoms with Crippen LogP contribution in [0.1, 0.15) is 30.5 Å². The van der Waals surface area contributed by atoms with Gasteiger partial charge in [-0.3, -0.25) is 4.90 Å². The van der Waals surface area contributed by atoms with Gasteiger partial charge in [-0.1, -0.05) is 74.0 Å². The first-order chi connectivity index (χ1) is 17.5. The molecule has 4 aromatic carbocycles. The molecule has 1 aliphatic rings. The first-order valence-corrected chi connectivity index (χ1v) is 12.5. The fourth-order valence-corrected chi connectivity index (χ4v) is 5.89. The lowest BCUT2D eigenvalue weighted by Gasteiger charge is -2.34. The second kappa shape index (κ2) is 7.56. The van der Waals surface area contributed by atoms with Crippen molar-refractivity contribution in [2.24, 2.45) is 0 Å². The zero-order valence-corrected chi connectivity index (χ0v) is 20.7. The van der Waals surface area contributed by atoms with E-state index in [0.717, 1.165) is 17.2 Å². The zero-order valence-electron chi connectivity index (χ0n) is 20.7. The molecule has 36 heavy (non-hydrogen) atoms. The Labute approximate surface area is 211 Å². The van der Waals surface area contributed by atoms with Gasteiger partial charge in [0.2, 0.25) is 0 Å². The van der Waals surface area contributed by atoms with Crippen LogP contribution in [0.25, 0.3) is 27.5 Å². The predicted molar refractivity (Wildman–Crippen MR) is 150 cm³/mol. The quantitative estimate of drug-likeness (QED) is 0.261. The van der Waals surface area contributed by atoms with E-state index in [2.05, 4.69) is 121 Å². The van der Waals surface area contributed by atoms with Crippen LogP contribution in [0.2, 0.25) is 0 Å². The summed E-state index contributed by atoms with van der Waals surface area (Å²) in [5.74, 6) is 0.904. The molecule has 0 saturated carbocycles. The maximum absolute atomic E-state index is 4.71. The highest BCUT2D eigenvalue weighted by molar-refractivity contribution is 6.12. The monoisotopic (exact) mass is 465 g/mol. The van der Waals surface area contributed by atoms with E-state index >= 15 is 0 Å². The van der Waals surface area contributed by atoms with Crippen molar-refractivity contribution >= 4 is 39.0 Å². The molecule has 0 unspecified atom stereocenters. The summed E-state index contributed by atoms with van der Waals surface area (Å²) in [4.78, 5) is 6.95. The van der Waals surface area contributed by atoms with Gasteiger partial charge >= 0.3 is 0 Å². The van der Waals surface area contributed by atoms with Crippen molar-refractivity contribution in [3.8, 4) is 5.69 Å². The SMILES string of the molecule is Cc1ccc(N(c2ccc3c(c2)c2cccc4c2n3-c2ccccc2C4(C)C)c2ccccn2)cc1. The van der Waals surface area contributed by atoms with Gasteiger partial charge in [0.15, 0.2) is 0 Å². The first kappa shape index (κ1) is 21.0. The van der Waals surface area contributed by atoms with E-state index in [0.29, 0.717) is 0 Å². The number of hydrogen-bond donors (Lipinski definition) is 0. The normalized spacial score (nSPS) is 13.6. The molecule has 6 aromatic rings. The Morgan fingerprint density at radius 3 is 2.25 bits per heavy atom. The number of hydrogen-bond acceptors (Lipinski definition) is 2. The van der Waals surface area contributed by atoms with Crippen LogP contribution in [0.15, 0.2) is 109 Å². The van der Waals surface area contributed by atoms with E-state index in [1.807, 2.05) is 18.3 Å². The number of benzene rings is 4. The van der Waals surface area contributed by atoms with Crippen molar-refractivity contribution in [3.05, 3.63) is 126 Å². The lowest BCUT2D eigenvalue weighted by atomic mass is 9.75. The third-order valence-corrected chi connectivity index (χ3v) is 7.69. The van der Waals surface area contributed by atoms with E-state index in [1.165, 1.54) is 44.2 Å². The third-order valence-electron chi connectivity index (χ3n) is 7.69. The number of pyridine rings is 1. The Morgan fingerprint density at radius 2 is 1.44 bits per heavy atom. The lowest BCUT2D eigenvalue weighted by molar-refractivity contribution is 0.630. The molecule has 0 amide bonds. The second-order valence-corrected chi connectivity index (χ2v) is 10.2. The summed E-state index contributed by atoms with van der Waals surface area (Å²) in [5, 5.41) is 2.54. The second-order valence-electron chi connectivity index (χ2n) is 10.2. The van der Waals surface area contributed by atoms with Gasteiger partial charge in [-0.2, -0.15) is 0 Å². The number of rotatable bonds is 3. The summed E-state index contributed by atoms with van der Waals surface area (Å²) in [6, 6.07) is 37.1. The molecule has 0 atom stereocenters. The van der Waals surface area contributed by atoms with Crippen LogP contribution in [-0.4, -0.2) is 9.55 Å².